The molecule has 102 valence electrons. The number of benzene rings is 1. The first-order chi connectivity index (χ1) is 9.68. The van der Waals surface area contributed by atoms with Gasteiger partial charge >= 0.3 is 0 Å². The van der Waals surface area contributed by atoms with E-state index in [4.69, 9.17) is 0 Å². The second-order valence-electron chi connectivity index (χ2n) is 5.80. The maximum absolute atomic E-state index is 12.7. The number of carbonyl (C=O) groups is 2. The topological polar surface area (TPSA) is 37.4 Å². The molecule has 2 fully saturated rings. The Labute approximate surface area is 125 Å². The standard InChI is InChI=1S/C16H14BrNO2/c17-11-3-1-2-4-12(11)18-15(19)13-9-5-6-10(8-7-9)14(13)16(18)20/h1-6,9-10,13-14H,7-8H2/t9-,10-,13-,14+/m0/s1. The molecule has 0 aromatic heterocycles. The Hall–Kier alpha value is -1.42. The zero-order chi connectivity index (χ0) is 13.9. The van der Waals surface area contributed by atoms with Gasteiger partial charge in [0, 0.05) is 4.47 Å². The highest BCUT2D eigenvalue weighted by molar-refractivity contribution is 9.10. The third kappa shape index (κ3) is 1.51. The van der Waals surface area contributed by atoms with E-state index in [0.29, 0.717) is 5.69 Å². The SMILES string of the molecule is O=C1[C@@H]2[C@H](C(=O)N1c1ccccc1Br)[C@H]1C=C[C@H]2CC1. The van der Waals surface area contributed by atoms with Crippen LogP contribution < -0.4 is 4.90 Å². The summed E-state index contributed by atoms with van der Waals surface area (Å²) in [5, 5.41) is 0. The van der Waals surface area contributed by atoms with E-state index in [0.717, 1.165) is 17.3 Å². The number of nitrogens with zero attached hydrogens (tertiary/aromatic N) is 1. The van der Waals surface area contributed by atoms with Crippen molar-refractivity contribution < 1.29 is 9.59 Å². The average Bonchev–Trinajstić information content (AvgIpc) is 2.75. The van der Waals surface area contributed by atoms with Gasteiger partial charge in [-0.3, -0.25) is 9.59 Å². The van der Waals surface area contributed by atoms with Crippen LogP contribution in [0.3, 0.4) is 0 Å². The number of fused-ring (bicyclic) bond motifs is 1. The zero-order valence-corrected chi connectivity index (χ0v) is 12.4. The van der Waals surface area contributed by atoms with Crippen LogP contribution in [0.4, 0.5) is 5.69 Å². The molecule has 1 aromatic carbocycles. The Morgan fingerprint density at radius 2 is 1.50 bits per heavy atom. The molecule has 1 aromatic rings. The van der Waals surface area contributed by atoms with Crippen LogP contribution in [-0.2, 0) is 9.59 Å². The number of rotatable bonds is 1. The monoisotopic (exact) mass is 331 g/mol. The molecule has 2 amide bonds. The summed E-state index contributed by atoms with van der Waals surface area (Å²) in [5.41, 5.74) is 0.677. The minimum atomic E-state index is -0.140. The predicted octanol–water partition coefficient (Wildman–Crippen LogP) is 3.15. The van der Waals surface area contributed by atoms with Crippen LogP contribution in [0.5, 0.6) is 0 Å². The van der Waals surface area contributed by atoms with Gasteiger partial charge in [-0.05, 0) is 52.7 Å². The van der Waals surface area contributed by atoms with E-state index in [9.17, 15) is 9.59 Å². The number of halogens is 1. The first kappa shape index (κ1) is 12.3. The lowest BCUT2D eigenvalue weighted by Crippen LogP contribution is -2.38. The van der Waals surface area contributed by atoms with Gasteiger partial charge in [0.1, 0.15) is 0 Å². The van der Waals surface area contributed by atoms with Gasteiger partial charge in [0.25, 0.3) is 0 Å². The van der Waals surface area contributed by atoms with Crippen molar-refractivity contribution in [3.8, 4) is 0 Å². The maximum atomic E-state index is 12.7. The molecule has 1 saturated heterocycles. The lowest BCUT2D eigenvalue weighted by Gasteiger charge is -2.38. The van der Waals surface area contributed by atoms with Crippen LogP contribution >= 0.6 is 15.9 Å². The predicted molar refractivity (Wildman–Crippen MR) is 79.0 cm³/mol. The summed E-state index contributed by atoms with van der Waals surface area (Å²) in [7, 11) is 0. The molecule has 20 heavy (non-hydrogen) atoms. The molecule has 4 heteroatoms. The molecule has 4 atom stereocenters. The van der Waals surface area contributed by atoms with Gasteiger partial charge in [0.05, 0.1) is 17.5 Å². The molecule has 1 heterocycles. The molecule has 0 spiro atoms. The van der Waals surface area contributed by atoms with Crippen LogP contribution in [0, 0.1) is 23.7 Å². The van der Waals surface area contributed by atoms with Crippen molar-refractivity contribution in [3.05, 3.63) is 40.9 Å². The van der Waals surface area contributed by atoms with Crippen LogP contribution in [0.1, 0.15) is 12.8 Å². The van der Waals surface area contributed by atoms with Gasteiger partial charge in [-0.25, -0.2) is 4.90 Å². The number of amides is 2. The van der Waals surface area contributed by atoms with E-state index in [1.165, 1.54) is 4.90 Å². The fourth-order valence-corrected chi connectivity index (χ4v) is 4.41. The van der Waals surface area contributed by atoms with Gasteiger partial charge in [-0.2, -0.15) is 0 Å². The number of para-hydroxylation sites is 1. The first-order valence-electron chi connectivity index (χ1n) is 6.99. The van der Waals surface area contributed by atoms with Crippen molar-refractivity contribution in [3.63, 3.8) is 0 Å². The van der Waals surface area contributed by atoms with Crippen molar-refractivity contribution in [2.24, 2.45) is 23.7 Å². The largest absolute Gasteiger partial charge is 0.274 e. The Balaban J connectivity index is 1.80. The van der Waals surface area contributed by atoms with Crippen LogP contribution in [0.25, 0.3) is 0 Å². The number of hydrogen-bond donors (Lipinski definition) is 0. The maximum Gasteiger partial charge on any atom is 0.238 e. The van der Waals surface area contributed by atoms with Crippen molar-refractivity contribution in [1.29, 1.82) is 0 Å². The molecular weight excluding hydrogens is 318 g/mol. The quantitative estimate of drug-likeness (QED) is 0.585. The lowest BCUT2D eigenvalue weighted by molar-refractivity contribution is -0.124. The molecule has 1 aliphatic heterocycles. The number of allylic oxidation sites excluding steroid dienone is 2. The van der Waals surface area contributed by atoms with Gasteiger partial charge in [0.15, 0.2) is 0 Å². The zero-order valence-electron chi connectivity index (χ0n) is 10.8. The van der Waals surface area contributed by atoms with Crippen molar-refractivity contribution in [2.75, 3.05) is 4.90 Å². The summed E-state index contributed by atoms with van der Waals surface area (Å²) in [6.45, 7) is 0. The first-order valence-corrected chi connectivity index (χ1v) is 7.78. The van der Waals surface area contributed by atoms with Gasteiger partial charge in [-0.15, -0.1) is 0 Å². The van der Waals surface area contributed by atoms with E-state index < -0.39 is 0 Å². The lowest BCUT2D eigenvalue weighted by atomic mass is 9.63. The molecule has 4 aliphatic rings. The third-order valence-corrected chi connectivity index (χ3v) is 5.52. The Morgan fingerprint density at radius 3 is 2.00 bits per heavy atom. The number of carbonyl (C=O) groups excluding carboxylic acids is 2. The fraction of sp³-hybridized carbons (Fsp3) is 0.375. The summed E-state index contributed by atoms with van der Waals surface area (Å²) < 4.78 is 0.792. The third-order valence-electron chi connectivity index (χ3n) is 4.85. The van der Waals surface area contributed by atoms with Crippen LogP contribution in [0.15, 0.2) is 40.9 Å². The van der Waals surface area contributed by atoms with Gasteiger partial charge in [-0.1, -0.05) is 24.3 Å². The minimum absolute atomic E-state index is 0.0223. The highest BCUT2D eigenvalue weighted by atomic mass is 79.9. The van der Waals surface area contributed by atoms with Crippen LogP contribution in [-0.4, -0.2) is 11.8 Å². The molecular formula is C16H14BrNO2. The Morgan fingerprint density at radius 1 is 0.950 bits per heavy atom. The fourth-order valence-electron chi connectivity index (χ4n) is 3.94. The van der Waals surface area contributed by atoms with E-state index >= 15 is 0 Å². The molecule has 0 radical (unpaired) electrons. The second-order valence-corrected chi connectivity index (χ2v) is 6.66. The number of hydrogen-bond acceptors (Lipinski definition) is 2. The summed E-state index contributed by atoms with van der Waals surface area (Å²) in [5.74, 6) is 0.163. The smallest absolute Gasteiger partial charge is 0.238 e. The second kappa shape index (κ2) is 4.29. The van der Waals surface area contributed by atoms with E-state index in [2.05, 4.69) is 28.1 Å². The molecule has 3 nitrogen and oxygen atoms in total. The number of imide groups is 1. The molecule has 3 aliphatic carbocycles. The molecule has 2 bridgehead atoms. The Kier molecular flexibility index (Phi) is 2.64. The van der Waals surface area contributed by atoms with E-state index in [-0.39, 0.29) is 35.5 Å². The molecule has 1 saturated carbocycles. The van der Waals surface area contributed by atoms with Crippen LogP contribution in [0.2, 0.25) is 0 Å². The highest BCUT2D eigenvalue weighted by Crippen LogP contribution is 2.50. The minimum Gasteiger partial charge on any atom is -0.274 e. The van der Waals surface area contributed by atoms with Crippen molar-refractivity contribution >= 4 is 33.4 Å². The summed E-state index contributed by atoms with van der Waals surface area (Å²) in [6, 6.07) is 7.43. The Bertz CT molecular complexity index is 607. The van der Waals surface area contributed by atoms with Crippen molar-refractivity contribution in [1.82, 2.24) is 0 Å². The summed E-state index contributed by atoms with van der Waals surface area (Å²) in [6.07, 6.45) is 6.35. The summed E-state index contributed by atoms with van der Waals surface area (Å²) >= 11 is 3.44. The summed E-state index contributed by atoms with van der Waals surface area (Å²) in [4.78, 5) is 26.9. The van der Waals surface area contributed by atoms with E-state index in [1.807, 2.05) is 24.3 Å². The normalized spacial score (nSPS) is 34.8. The van der Waals surface area contributed by atoms with Crippen molar-refractivity contribution in [2.45, 2.75) is 12.8 Å². The molecule has 0 unspecified atom stereocenters. The van der Waals surface area contributed by atoms with Gasteiger partial charge in [0.2, 0.25) is 11.8 Å². The average molecular weight is 332 g/mol. The highest BCUT2D eigenvalue weighted by Gasteiger charge is 2.57. The van der Waals surface area contributed by atoms with Gasteiger partial charge < -0.3 is 0 Å². The van der Waals surface area contributed by atoms with E-state index in [1.54, 1.807) is 0 Å². The molecule has 0 N–H and O–H groups in total. The number of anilines is 1. The molecule has 5 rings (SSSR count).